The van der Waals surface area contributed by atoms with Gasteiger partial charge in [0, 0.05) is 30.0 Å². The van der Waals surface area contributed by atoms with Crippen molar-refractivity contribution in [3.8, 4) is 0 Å². The molecule has 2 unspecified atom stereocenters. The smallest absolute Gasteiger partial charge is 0.350 e. The maximum Gasteiger partial charge on any atom is 0.350 e. The number of rotatable bonds is 9. The van der Waals surface area contributed by atoms with Crippen LogP contribution in [0, 0.1) is 11.8 Å². The van der Waals surface area contributed by atoms with Gasteiger partial charge >= 0.3 is 5.97 Å². The molecule has 1 amide bonds. The Labute approximate surface area is 205 Å². The number of allylic oxidation sites excluding steroid dienone is 2. The van der Waals surface area contributed by atoms with E-state index in [1.165, 1.54) is 7.11 Å². The SMILES string of the molecule is COC(=O)c1sc(C2=C(F)C(F)CCC2)cc1N(CCCC(C)OC)C(=O)C1CCC(C)CC1. The first-order chi connectivity index (χ1) is 16.3. The Balaban J connectivity index is 1.98. The number of carbonyl (C=O) groups excluding carboxylic acids is 2. The van der Waals surface area contributed by atoms with Crippen LogP contribution in [0.1, 0.15) is 86.2 Å². The van der Waals surface area contributed by atoms with E-state index in [1.54, 1.807) is 18.1 Å². The normalized spacial score (nSPS) is 24.1. The molecule has 0 N–H and O–H groups in total. The summed E-state index contributed by atoms with van der Waals surface area (Å²) in [5.74, 6) is -0.837. The van der Waals surface area contributed by atoms with Crippen LogP contribution in [-0.4, -0.2) is 44.9 Å². The predicted octanol–water partition coefficient (Wildman–Crippen LogP) is 6.71. The Hall–Kier alpha value is -1.80. The van der Waals surface area contributed by atoms with Crippen molar-refractivity contribution in [1.82, 2.24) is 0 Å². The first-order valence-corrected chi connectivity index (χ1v) is 13.2. The number of ether oxygens (including phenoxy) is 2. The van der Waals surface area contributed by atoms with Crippen molar-refractivity contribution < 1.29 is 27.8 Å². The number of esters is 1. The van der Waals surface area contributed by atoms with E-state index in [0.29, 0.717) is 47.9 Å². The van der Waals surface area contributed by atoms with Crippen LogP contribution in [0.3, 0.4) is 0 Å². The van der Waals surface area contributed by atoms with Gasteiger partial charge in [0.2, 0.25) is 5.91 Å². The van der Waals surface area contributed by atoms with Gasteiger partial charge in [0.05, 0.1) is 18.9 Å². The Morgan fingerprint density at radius 1 is 1.21 bits per heavy atom. The molecule has 1 saturated carbocycles. The molecule has 2 aliphatic rings. The third-order valence-electron chi connectivity index (χ3n) is 7.15. The number of hydrogen-bond acceptors (Lipinski definition) is 5. The van der Waals surface area contributed by atoms with Gasteiger partial charge in [-0.05, 0) is 76.7 Å². The molecule has 3 rings (SSSR count). The minimum atomic E-state index is -1.62. The molecule has 2 atom stereocenters. The second-order valence-corrected chi connectivity index (χ2v) is 10.7. The topological polar surface area (TPSA) is 55.8 Å². The lowest BCUT2D eigenvalue weighted by Gasteiger charge is -2.31. The monoisotopic (exact) mass is 497 g/mol. The lowest BCUT2D eigenvalue weighted by Crippen LogP contribution is -2.39. The van der Waals surface area contributed by atoms with Crippen LogP contribution in [0.15, 0.2) is 11.9 Å². The molecule has 0 aliphatic heterocycles. The van der Waals surface area contributed by atoms with Crippen molar-refractivity contribution in [2.24, 2.45) is 11.8 Å². The van der Waals surface area contributed by atoms with Crippen LogP contribution in [0.4, 0.5) is 14.5 Å². The highest BCUT2D eigenvalue weighted by Crippen LogP contribution is 2.42. The number of halogens is 2. The zero-order valence-corrected chi connectivity index (χ0v) is 21.5. The molecule has 1 fully saturated rings. The van der Waals surface area contributed by atoms with E-state index in [0.717, 1.165) is 43.4 Å². The van der Waals surface area contributed by atoms with Gasteiger partial charge in [-0.15, -0.1) is 11.3 Å². The molecule has 0 aromatic carbocycles. The maximum atomic E-state index is 14.7. The number of amides is 1. The highest BCUT2D eigenvalue weighted by molar-refractivity contribution is 7.15. The minimum absolute atomic E-state index is 0.00654. The molecule has 0 radical (unpaired) electrons. The van der Waals surface area contributed by atoms with Gasteiger partial charge in [0.15, 0.2) is 6.17 Å². The molecular formula is C26H37F2NO4S. The van der Waals surface area contributed by atoms with Crippen LogP contribution < -0.4 is 4.90 Å². The Kier molecular flexibility index (Phi) is 9.65. The number of hydrogen-bond donors (Lipinski definition) is 0. The fourth-order valence-electron chi connectivity index (χ4n) is 4.84. The summed E-state index contributed by atoms with van der Waals surface area (Å²) >= 11 is 1.08. The van der Waals surface area contributed by atoms with Crippen molar-refractivity contribution in [2.45, 2.75) is 83.9 Å². The predicted molar refractivity (Wildman–Crippen MR) is 132 cm³/mol. The summed E-state index contributed by atoms with van der Waals surface area (Å²) < 4.78 is 39.1. The van der Waals surface area contributed by atoms with Gasteiger partial charge in [0.1, 0.15) is 10.7 Å². The van der Waals surface area contributed by atoms with E-state index in [-0.39, 0.29) is 29.2 Å². The molecule has 2 aliphatic carbocycles. The number of thiophene rings is 1. The van der Waals surface area contributed by atoms with Crippen LogP contribution in [-0.2, 0) is 14.3 Å². The molecule has 1 aromatic rings. The van der Waals surface area contributed by atoms with E-state index >= 15 is 0 Å². The maximum absolute atomic E-state index is 14.7. The van der Waals surface area contributed by atoms with Crippen molar-refractivity contribution in [2.75, 3.05) is 25.7 Å². The van der Waals surface area contributed by atoms with Gasteiger partial charge in [-0.3, -0.25) is 4.79 Å². The molecule has 1 heterocycles. The van der Waals surface area contributed by atoms with Crippen LogP contribution in [0.25, 0.3) is 5.57 Å². The van der Waals surface area contributed by atoms with E-state index in [4.69, 9.17) is 9.47 Å². The molecule has 34 heavy (non-hydrogen) atoms. The van der Waals surface area contributed by atoms with E-state index in [2.05, 4.69) is 6.92 Å². The van der Waals surface area contributed by atoms with E-state index in [9.17, 15) is 18.4 Å². The average molecular weight is 498 g/mol. The van der Waals surface area contributed by atoms with Crippen LogP contribution in [0.2, 0.25) is 0 Å². The fourth-order valence-corrected chi connectivity index (χ4v) is 5.99. The van der Waals surface area contributed by atoms with Crippen molar-refractivity contribution >= 4 is 34.5 Å². The summed E-state index contributed by atoms with van der Waals surface area (Å²) in [6, 6.07) is 1.69. The summed E-state index contributed by atoms with van der Waals surface area (Å²) in [6.45, 7) is 4.60. The molecule has 8 heteroatoms. The lowest BCUT2D eigenvalue weighted by atomic mass is 9.82. The number of alkyl halides is 1. The van der Waals surface area contributed by atoms with Crippen molar-refractivity contribution in [3.05, 3.63) is 21.6 Å². The van der Waals surface area contributed by atoms with Gasteiger partial charge in [0.25, 0.3) is 0 Å². The van der Waals surface area contributed by atoms with Crippen LogP contribution >= 0.6 is 11.3 Å². The highest BCUT2D eigenvalue weighted by atomic mass is 32.1. The Bertz CT molecular complexity index is 891. The molecule has 0 bridgehead atoms. The summed E-state index contributed by atoms with van der Waals surface area (Å²) in [5.41, 5.74) is 0.744. The van der Waals surface area contributed by atoms with Gasteiger partial charge in [-0.2, -0.15) is 0 Å². The van der Waals surface area contributed by atoms with E-state index in [1.807, 2.05) is 6.92 Å². The molecule has 1 aromatic heterocycles. The number of anilines is 1. The second kappa shape index (κ2) is 12.2. The van der Waals surface area contributed by atoms with Crippen LogP contribution in [0.5, 0.6) is 0 Å². The van der Waals surface area contributed by atoms with Crippen molar-refractivity contribution in [1.29, 1.82) is 0 Å². The molecular weight excluding hydrogens is 460 g/mol. The lowest BCUT2D eigenvalue weighted by molar-refractivity contribution is -0.123. The molecule has 5 nitrogen and oxygen atoms in total. The fraction of sp³-hybridized carbons (Fsp3) is 0.692. The summed E-state index contributed by atoms with van der Waals surface area (Å²) in [6.07, 6.45) is 4.64. The second-order valence-electron chi connectivity index (χ2n) is 9.64. The standard InChI is InChI=1S/C26H37F2NO4S/c1-16-10-12-18(13-11-16)25(30)29(14-6-7-17(2)32-3)21-15-22(34-24(21)26(31)33-4)19-8-5-9-20(27)23(19)28/h15-18,20H,5-14H2,1-4H3. The average Bonchev–Trinajstić information content (AvgIpc) is 3.27. The summed E-state index contributed by atoms with van der Waals surface area (Å²) in [7, 11) is 2.94. The molecule has 0 saturated heterocycles. The van der Waals surface area contributed by atoms with Gasteiger partial charge in [-0.1, -0.05) is 6.92 Å². The number of nitrogens with zero attached hydrogens (tertiary/aromatic N) is 1. The van der Waals surface area contributed by atoms with Gasteiger partial charge < -0.3 is 14.4 Å². The summed E-state index contributed by atoms with van der Waals surface area (Å²) in [4.78, 5) is 28.9. The third-order valence-corrected chi connectivity index (χ3v) is 8.31. The molecule has 0 spiro atoms. The summed E-state index contributed by atoms with van der Waals surface area (Å²) in [5, 5.41) is 0. The highest BCUT2D eigenvalue weighted by Gasteiger charge is 2.33. The Morgan fingerprint density at radius 3 is 2.56 bits per heavy atom. The zero-order valence-electron chi connectivity index (χ0n) is 20.7. The first kappa shape index (κ1) is 26.8. The quantitative estimate of drug-likeness (QED) is 0.356. The molecule has 190 valence electrons. The zero-order chi connectivity index (χ0) is 24.8. The van der Waals surface area contributed by atoms with Crippen molar-refractivity contribution in [3.63, 3.8) is 0 Å². The first-order valence-electron chi connectivity index (χ1n) is 12.4. The minimum Gasteiger partial charge on any atom is -0.465 e. The van der Waals surface area contributed by atoms with E-state index < -0.39 is 18.0 Å². The largest absolute Gasteiger partial charge is 0.465 e. The number of methoxy groups -OCH3 is 2. The van der Waals surface area contributed by atoms with Gasteiger partial charge in [-0.25, -0.2) is 13.6 Å². The third kappa shape index (κ3) is 6.25. The number of carbonyl (C=O) groups is 2. The Morgan fingerprint density at radius 2 is 1.91 bits per heavy atom.